The van der Waals surface area contributed by atoms with E-state index in [0.717, 1.165) is 6.42 Å². The fourth-order valence-electron chi connectivity index (χ4n) is 1.62. The summed E-state index contributed by atoms with van der Waals surface area (Å²) in [6.07, 6.45) is 1.02. The average Bonchev–Trinajstić information content (AvgIpc) is 2.42. The highest BCUT2D eigenvalue weighted by Crippen LogP contribution is 2.15. The minimum absolute atomic E-state index is 0.284. The summed E-state index contributed by atoms with van der Waals surface area (Å²) < 4.78 is 16.0. The number of hydrogen-bond donors (Lipinski definition) is 2. The van der Waals surface area contributed by atoms with Crippen LogP contribution in [0.25, 0.3) is 0 Å². The van der Waals surface area contributed by atoms with Gasteiger partial charge in [0.2, 0.25) is 0 Å². The first-order valence-corrected chi connectivity index (χ1v) is 6.79. The predicted molar refractivity (Wildman–Crippen MR) is 78.6 cm³/mol. The van der Waals surface area contributed by atoms with E-state index in [0.29, 0.717) is 37.2 Å². The lowest BCUT2D eigenvalue weighted by molar-refractivity contribution is 0.0928. The van der Waals surface area contributed by atoms with E-state index in [1.54, 1.807) is 18.2 Å². The highest BCUT2D eigenvalue weighted by atomic mass is 16.5. The zero-order valence-corrected chi connectivity index (χ0v) is 12.3. The molecule has 0 atom stereocenters. The summed E-state index contributed by atoms with van der Waals surface area (Å²) >= 11 is 0. The molecule has 1 aromatic carbocycles. The van der Waals surface area contributed by atoms with E-state index in [4.69, 9.17) is 14.2 Å². The lowest BCUT2D eigenvalue weighted by atomic mass is 9.79. The van der Waals surface area contributed by atoms with Gasteiger partial charge in [-0.1, -0.05) is 13.8 Å². The quantitative estimate of drug-likeness (QED) is 0.518. The smallest absolute Gasteiger partial charge is 0.492 e. The summed E-state index contributed by atoms with van der Waals surface area (Å²) in [5.41, 5.74) is 0.284. The maximum absolute atomic E-state index is 9.32. The molecular formula is C14H23BO5. The van der Waals surface area contributed by atoms with Gasteiger partial charge in [-0.25, -0.2) is 0 Å². The first-order chi connectivity index (χ1) is 9.54. The molecule has 0 amide bonds. The van der Waals surface area contributed by atoms with Gasteiger partial charge in [0.1, 0.15) is 18.1 Å². The van der Waals surface area contributed by atoms with Crippen molar-refractivity contribution < 1.29 is 24.3 Å². The highest BCUT2D eigenvalue weighted by molar-refractivity contribution is 6.59. The van der Waals surface area contributed by atoms with Gasteiger partial charge in [0.25, 0.3) is 0 Å². The van der Waals surface area contributed by atoms with E-state index < -0.39 is 7.12 Å². The number of ether oxygens (including phenoxy) is 3. The van der Waals surface area contributed by atoms with E-state index in [2.05, 4.69) is 13.8 Å². The summed E-state index contributed by atoms with van der Waals surface area (Å²) in [7, 11) is -0.0756. The molecular weight excluding hydrogens is 259 g/mol. The van der Waals surface area contributed by atoms with Crippen molar-refractivity contribution in [2.24, 2.45) is 5.92 Å². The Hall–Kier alpha value is -1.24. The van der Waals surface area contributed by atoms with Crippen LogP contribution in [0.2, 0.25) is 0 Å². The van der Waals surface area contributed by atoms with E-state index in [9.17, 15) is 10.0 Å². The van der Waals surface area contributed by atoms with Gasteiger partial charge < -0.3 is 24.3 Å². The molecule has 5 nitrogen and oxygen atoms in total. The standard InChI is InChI=1S/C14H23BO5/c1-11(2)6-7-19-8-9-20-14-5-4-12(18-3)10-13(14)15(16)17/h4-5,10-11,16-17H,6-9H2,1-3H3. The molecule has 0 heterocycles. The van der Waals surface area contributed by atoms with Crippen molar-refractivity contribution in [3.05, 3.63) is 18.2 Å². The van der Waals surface area contributed by atoms with Gasteiger partial charge in [-0.3, -0.25) is 0 Å². The normalized spacial score (nSPS) is 10.7. The Bertz CT molecular complexity index is 395. The second-order valence-corrected chi connectivity index (χ2v) is 4.92. The Balaban J connectivity index is 2.43. The van der Waals surface area contributed by atoms with Crippen LogP contribution in [0.15, 0.2) is 18.2 Å². The van der Waals surface area contributed by atoms with Crippen LogP contribution in [0.1, 0.15) is 20.3 Å². The van der Waals surface area contributed by atoms with Gasteiger partial charge in [0.15, 0.2) is 0 Å². The number of hydrogen-bond acceptors (Lipinski definition) is 5. The van der Waals surface area contributed by atoms with E-state index in [1.165, 1.54) is 7.11 Å². The van der Waals surface area contributed by atoms with Gasteiger partial charge in [-0.2, -0.15) is 0 Å². The second-order valence-electron chi connectivity index (χ2n) is 4.92. The van der Waals surface area contributed by atoms with Crippen LogP contribution in [0.3, 0.4) is 0 Å². The fourth-order valence-corrected chi connectivity index (χ4v) is 1.62. The molecule has 0 aromatic heterocycles. The van der Waals surface area contributed by atoms with Crippen molar-refractivity contribution in [2.45, 2.75) is 20.3 Å². The Morgan fingerprint density at radius 1 is 1.15 bits per heavy atom. The Labute approximate surface area is 120 Å². The van der Waals surface area contributed by atoms with Gasteiger partial charge in [-0.15, -0.1) is 0 Å². The molecule has 20 heavy (non-hydrogen) atoms. The molecule has 1 aromatic rings. The third-order valence-electron chi connectivity index (χ3n) is 2.82. The number of benzene rings is 1. The van der Waals surface area contributed by atoms with Crippen LogP contribution in [0.4, 0.5) is 0 Å². The van der Waals surface area contributed by atoms with E-state index in [1.807, 2.05) is 0 Å². The molecule has 6 heteroatoms. The molecule has 0 aliphatic heterocycles. The maximum atomic E-state index is 9.32. The molecule has 0 radical (unpaired) electrons. The van der Waals surface area contributed by atoms with Crippen molar-refractivity contribution in [2.75, 3.05) is 26.9 Å². The maximum Gasteiger partial charge on any atom is 0.492 e. The number of rotatable bonds is 9. The van der Waals surface area contributed by atoms with Crippen LogP contribution >= 0.6 is 0 Å². The van der Waals surface area contributed by atoms with Gasteiger partial charge in [-0.05, 0) is 30.5 Å². The summed E-state index contributed by atoms with van der Waals surface area (Å²) in [5.74, 6) is 1.59. The molecule has 0 unspecified atom stereocenters. The minimum Gasteiger partial charge on any atom is -0.497 e. The molecule has 2 N–H and O–H groups in total. The molecule has 0 saturated heterocycles. The molecule has 112 valence electrons. The molecule has 0 aliphatic carbocycles. The summed E-state index contributed by atoms with van der Waals surface area (Å²) in [6, 6.07) is 4.90. The van der Waals surface area contributed by atoms with Crippen LogP contribution < -0.4 is 14.9 Å². The Morgan fingerprint density at radius 2 is 1.90 bits per heavy atom. The fraction of sp³-hybridized carbons (Fsp3) is 0.571. The first-order valence-electron chi connectivity index (χ1n) is 6.79. The summed E-state index contributed by atoms with van der Waals surface area (Å²) in [6.45, 7) is 5.83. The lowest BCUT2D eigenvalue weighted by Gasteiger charge is -2.13. The molecule has 0 spiro atoms. The minimum atomic E-state index is -1.60. The second kappa shape index (κ2) is 8.84. The lowest BCUT2D eigenvalue weighted by Crippen LogP contribution is -2.32. The third kappa shape index (κ3) is 5.82. The summed E-state index contributed by atoms with van der Waals surface area (Å²) in [5, 5.41) is 18.6. The van der Waals surface area contributed by atoms with Crippen molar-refractivity contribution in [3.8, 4) is 11.5 Å². The number of methoxy groups -OCH3 is 1. The van der Waals surface area contributed by atoms with Crippen molar-refractivity contribution in [3.63, 3.8) is 0 Å². The van der Waals surface area contributed by atoms with Crippen LogP contribution in [-0.4, -0.2) is 44.1 Å². The van der Waals surface area contributed by atoms with Crippen molar-refractivity contribution in [1.29, 1.82) is 0 Å². The average molecular weight is 282 g/mol. The zero-order valence-electron chi connectivity index (χ0n) is 12.3. The largest absolute Gasteiger partial charge is 0.497 e. The summed E-state index contributed by atoms with van der Waals surface area (Å²) in [4.78, 5) is 0. The topological polar surface area (TPSA) is 68.2 Å². The van der Waals surface area contributed by atoms with Crippen LogP contribution in [0, 0.1) is 5.92 Å². The molecule has 0 aliphatic rings. The van der Waals surface area contributed by atoms with E-state index in [-0.39, 0.29) is 5.46 Å². The molecule has 0 fully saturated rings. The molecule has 1 rings (SSSR count). The zero-order chi connectivity index (χ0) is 15.0. The van der Waals surface area contributed by atoms with Gasteiger partial charge >= 0.3 is 7.12 Å². The van der Waals surface area contributed by atoms with Crippen LogP contribution in [0.5, 0.6) is 11.5 Å². The van der Waals surface area contributed by atoms with Gasteiger partial charge in [0, 0.05) is 12.1 Å². The highest BCUT2D eigenvalue weighted by Gasteiger charge is 2.18. The predicted octanol–water partition coefficient (Wildman–Crippen LogP) is 0.817. The van der Waals surface area contributed by atoms with Crippen LogP contribution in [-0.2, 0) is 4.74 Å². The SMILES string of the molecule is COc1ccc(OCCOCCC(C)C)c(B(O)O)c1. The van der Waals surface area contributed by atoms with Gasteiger partial charge in [0.05, 0.1) is 13.7 Å². The van der Waals surface area contributed by atoms with Crippen molar-refractivity contribution >= 4 is 12.6 Å². The molecule has 0 bridgehead atoms. The monoisotopic (exact) mass is 282 g/mol. The first kappa shape index (κ1) is 16.8. The van der Waals surface area contributed by atoms with Crippen molar-refractivity contribution in [1.82, 2.24) is 0 Å². The Kier molecular flexibility index (Phi) is 7.43. The third-order valence-corrected chi connectivity index (χ3v) is 2.82. The van der Waals surface area contributed by atoms with E-state index >= 15 is 0 Å². The molecule has 0 saturated carbocycles. The Morgan fingerprint density at radius 3 is 2.50 bits per heavy atom.